The number of hydrogen-bond donors (Lipinski definition) is 1. The molecule has 0 spiro atoms. The van der Waals surface area contributed by atoms with E-state index < -0.39 is 0 Å². The predicted molar refractivity (Wildman–Crippen MR) is 131 cm³/mol. The third-order valence-electron chi connectivity index (χ3n) is 6.48. The van der Waals surface area contributed by atoms with E-state index in [2.05, 4.69) is 31.3 Å². The molecule has 1 fully saturated rings. The first-order valence-electron chi connectivity index (χ1n) is 11.2. The van der Waals surface area contributed by atoms with E-state index in [9.17, 15) is 9.59 Å². The molecule has 32 heavy (non-hydrogen) atoms. The van der Waals surface area contributed by atoms with Gasteiger partial charge in [0.15, 0.2) is 0 Å². The van der Waals surface area contributed by atoms with Crippen LogP contribution in [0.4, 0.5) is 0 Å². The Morgan fingerprint density at radius 2 is 1.59 bits per heavy atom. The van der Waals surface area contributed by atoms with Crippen molar-refractivity contribution < 1.29 is 9.59 Å². The van der Waals surface area contributed by atoms with Gasteiger partial charge in [-0.1, -0.05) is 63.0 Å². The first kappa shape index (κ1) is 24.6. The molecule has 1 aliphatic rings. The monoisotopic (exact) mass is 474 g/mol. The highest BCUT2D eigenvalue weighted by Gasteiger charge is 2.38. The minimum Gasteiger partial charge on any atom is -0.349 e. The van der Waals surface area contributed by atoms with Gasteiger partial charge in [-0.2, -0.15) is 0 Å². The summed E-state index contributed by atoms with van der Waals surface area (Å²) >= 11 is 12.0. The number of nitrogens with zero attached hydrogens (tertiary/aromatic N) is 1. The second-order valence-corrected chi connectivity index (χ2v) is 10.6. The summed E-state index contributed by atoms with van der Waals surface area (Å²) in [6, 6.07) is 14.6. The molecule has 2 aromatic rings. The van der Waals surface area contributed by atoms with E-state index in [1.165, 1.54) is 5.56 Å². The van der Waals surface area contributed by atoms with Gasteiger partial charge in [0.1, 0.15) is 0 Å². The zero-order chi connectivity index (χ0) is 23.5. The highest BCUT2D eigenvalue weighted by atomic mass is 35.5. The summed E-state index contributed by atoms with van der Waals surface area (Å²) in [6.45, 7) is 9.88. The lowest BCUT2D eigenvalue weighted by Gasteiger charge is -2.45. The van der Waals surface area contributed by atoms with Crippen LogP contribution in [0.1, 0.15) is 62.4 Å². The molecule has 0 aliphatic carbocycles. The number of piperidine rings is 1. The quantitative estimate of drug-likeness (QED) is 0.543. The number of rotatable bonds is 6. The topological polar surface area (TPSA) is 49.4 Å². The number of carbonyl (C=O) groups excluding carboxylic acids is 2. The maximum atomic E-state index is 13.2. The number of likely N-dealkylation sites (tertiary alicyclic amines) is 1. The lowest BCUT2D eigenvalue weighted by atomic mass is 9.70. The van der Waals surface area contributed by atoms with Crippen molar-refractivity contribution in [1.29, 1.82) is 0 Å². The molecule has 3 rings (SSSR count). The fourth-order valence-electron chi connectivity index (χ4n) is 4.51. The van der Waals surface area contributed by atoms with Gasteiger partial charge in [0, 0.05) is 41.2 Å². The molecule has 1 heterocycles. The first-order chi connectivity index (χ1) is 15.1. The number of nitrogens with one attached hydrogen (secondary N) is 1. The van der Waals surface area contributed by atoms with Crippen LogP contribution in [0.5, 0.6) is 0 Å². The van der Waals surface area contributed by atoms with E-state index in [-0.39, 0.29) is 29.2 Å². The Hall–Kier alpha value is -2.04. The van der Waals surface area contributed by atoms with E-state index in [1.807, 2.05) is 30.9 Å². The molecule has 0 aromatic heterocycles. The van der Waals surface area contributed by atoms with Gasteiger partial charge in [0.2, 0.25) is 5.91 Å². The van der Waals surface area contributed by atoms with Crippen LogP contribution >= 0.6 is 23.2 Å². The largest absolute Gasteiger partial charge is 0.349 e. The Balaban J connectivity index is 1.63. The van der Waals surface area contributed by atoms with Crippen molar-refractivity contribution in [3.05, 3.63) is 69.7 Å². The summed E-state index contributed by atoms with van der Waals surface area (Å²) < 4.78 is 0. The second kappa shape index (κ2) is 10.3. The average Bonchev–Trinajstić information content (AvgIpc) is 2.73. The molecule has 1 N–H and O–H groups in total. The number of hydrogen-bond acceptors (Lipinski definition) is 2. The van der Waals surface area contributed by atoms with Crippen molar-refractivity contribution in [2.24, 2.45) is 11.3 Å². The van der Waals surface area contributed by atoms with Gasteiger partial charge >= 0.3 is 0 Å². The zero-order valence-corrected chi connectivity index (χ0v) is 20.7. The Kier molecular flexibility index (Phi) is 7.89. The normalized spacial score (nSPS) is 19.0. The molecule has 1 saturated heterocycles. The Morgan fingerprint density at radius 3 is 2.12 bits per heavy atom. The Morgan fingerprint density at radius 1 is 1.03 bits per heavy atom. The summed E-state index contributed by atoms with van der Waals surface area (Å²) in [7, 11) is 0. The molecule has 2 atom stereocenters. The van der Waals surface area contributed by atoms with Gasteiger partial charge in [0.05, 0.1) is 0 Å². The third kappa shape index (κ3) is 6.05. The van der Waals surface area contributed by atoms with Crippen LogP contribution in [-0.2, 0) is 4.79 Å². The molecule has 2 aromatic carbocycles. The molecule has 0 radical (unpaired) electrons. The number of benzene rings is 2. The smallest absolute Gasteiger partial charge is 0.251 e. The Labute approximate surface area is 201 Å². The minimum atomic E-state index is -0.234. The minimum absolute atomic E-state index is 0.0539. The summed E-state index contributed by atoms with van der Waals surface area (Å²) in [5.74, 6) is 0.404. The van der Waals surface area contributed by atoms with Gasteiger partial charge in [-0.05, 0) is 65.6 Å². The molecule has 0 bridgehead atoms. The van der Waals surface area contributed by atoms with Gasteiger partial charge in [0.25, 0.3) is 5.91 Å². The molecular weight excluding hydrogens is 443 g/mol. The molecule has 6 heteroatoms. The van der Waals surface area contributed by atoms with E-state index in [0.717, 1.165) is 11.4 Å². The van der Waals surface area contributed by atoms with E-state index in [0.29, 0.717) is 36.0 Å². The molecular formula is C26H32Cl2N2O2. The summed E-state index contributed by atoms with van der Waals surface area (Å²) in [5.41, 5.74) is 1.75. The van der Waals surface area contributed by atoms with E-state index >= 15 is 0 Å². The van der Waals surface area contributed by atoms with Crippen LogP contribution in [0.15, 0.2) is 48.5 Å². The average molecular weight is 475 g/mol. The molecule has 2 unspecified atom stereocenters. The number of carbonyl (C=O) groups is 2. The van der Waals surface area contributed by atoms with Crippen LogP contribution in [0, 0.1) is 11.3 Å². The lowest BCUT2D eigenvalue weighted by Crippen LogP contribution is -2.50. The van der Waals surface area contributed by atoms with Crippen molar-refractivity contribution >= 4 is 35.0 Å². The predicted octanol–water partition coefficient (Wildman–Crippen LogP) is 6.18. The fourth-order valence-corrected chi connectivity index (χ4v) is 4.76. The molecule has 1 aliphatic heterocycles. The maximum absolute atomic E-state index is 13.2. The number of amides is 2. The molecule has 172 valence electrons. The number of halogens is 2. The van der Waals surface area contributed by atoms with Crippen LogP contribution in [0.2, 0.25) is 10.0 Å². The van der Waals surface area contributed by atoms with Crippen molar-refractivity contribution in [2.75, 3.05) is 13.1 Å². The van der Waals surface area contributed by atoms with Gasteiger partial charge in [-0.15, -0.1) is 0 Å². The van der Waals surface area contributed by atoms with E-state index in [4.69, 9.17) is 23.2 Å². The van der Waals surface area contributed by atoms with Crippen molar-refractivity contribution in [1.82, 2.24) is 10.2 Å². The first-order valence-corrected chi connectivity index (χ1v) is 11.9. The van der Waals surface area contributed by atoms with Gasteiger partial charge in [-0.25, -0.2) is 0 Å². The molecule has 2 amide bonds. The summed E-state index contributed by atoms with van der Waals surface area (Å²) in [6.07, 6.45) is 1.20. The second-order valence-electron chi connectivity index (χ2n) is 9.73. The van der Waals surface area contributed by atoms with Gasteiger partial charge < -0.3 is 10.2 Å². The SMILES string of the molecule is CC(C)C(CC(=O)N1CCC(c2ccc(Cl)cc2)C(C)(C)C1)NC(=O)c1ccc(Cl)cc1. The fraction of sp³-hybridized carbons (Fsp3) is 0.462. The van der Waals surface area contributed by atoms with Crippen LogP contribution in [-0.4, -0.2) is 35.8 Å². The van der Waals surface area contributed by atoms with E-state index in [1.54, 1.807) is 24.3 Å². The highest BCUT2D eigenvalue weighted by Crippen LogP contribution is 2.42. The summed E-state index contributed by atoms with van der Waals surface area (Å²) in [4.78, 5) is 27.8. The maximum Gasteiger partial charge on any atom is 0.251 e. The van der Waals surface area contributed by atoms with Crippen molar-refractivity contribution in [3.63, 3.8) is 0 Å². The van der Waals surface area contributed by atoms with Crippen molar-refractivity contribution in [3.8, 4) is 0 Å². The molecule has 0 saturated carbocycles. The standard InChI is InChI=1S/C26H32Cl2N2O2/c1-17(2)23(29-25(32)19-7-11-21(28)12-8-19)15-24(31)30-14-13-22(26(3,4)16-30)18-5-9-20(27)10-6-18/h5-12,17,22-23H,13-16H2,1-4H3,(H,29,32). The van der Waals surface area contributed by atoms with Crippen molar-refractivity contribution in [2.45, 2.75) is 52.5 Å². The third-order valence-corrected chi connectivity index (χ3v) is 6.98. The van der Waals surface area contributed by atoms with Crippen LogP contribution < -0.4 is 5.32 Å². The van der Waals surface area contributed by atoms with Gasteiger partial charge in [-0.3, -0.25) is 9.59 Å². The van der Waals surface area contributed by atoms with Crippen LogP contribution in [0.25, 0.3) is 0 Å². The highest BCUT2D eigenvalue weighted by molar-refractivity contribution is 6.30. The molecule has 4 nitrogen and oxygen atoms in total. The Bertz CT molecular complexity index is 939. The zero-order valence-electron chi connectivity index (χ0n) is 19.2. The van der Waals surface area contributed by atoms with Crippen LogP contribution in [0.3, 0.4) is 0 Å². The summed E-state index contributed by atoms with van der Waals surface area (Å²) in [5, 5.41) is 4.36. The lowest BCUT2D eigenvalue weighted by molar-refractivity contribution is -0.135.